The number of carbonyl (C=O) groups excluding carboxylic acids is 1. The van der Waals surface area contributed by atoms with Crippen LogP contribution in [0.1, 0.15) is 34.9 Å². The molecule has 1 amide bonds. The molecular formula is C17H18ClN3O2. The SMILES string of the molecule is COc1nc(C)cnc1CNC(=O)C1CCc2ccc(Cl)cc21. The van der Waals surface area contributed by atoms with Crippen LogP contribution in [0.5, 0.6) is 5.88 Å². The number of methoxy groups -OCH3 is 1. The minimum Gasteiger partial charge on any atom is -0.480 e. The maximum atomic E-state index is 12.5. The molecule has 0 fully saturated rings. The molecule has 1 aromatic carbocycles. The van der Waals surface area contributed by atoms with Gasteiger partial charge in [0.1, 0.15) is 5.69 Å². The number of hydrogen-bond donors (Lipinski definition) is 1. The lowest BCUT2D eigenvalue weighted by molar-refractivity contribution is -0.122. The first-order valence-corrected chi connectivity index (χ1v) is 7.89. The first-order valence-electron chi connectivity index (χ1n) is 7.51. The summed E-state index contributed by atoms with van der Waals surface area (Å²) in [6, 6.07) is 5.76. The third-order valence-corrected chi connectivity index (χ3v) is 4.29. The molecule has 1 N–H and O–H groups in total. The van der Waals surface area contributed by atoms with Gasteiger partial charge in [-0.25, -0.2) is 4.98 Å². The second-order valence-corrected chi connectivity index (χ2v) is 6.06. The van der Waals surface area contributed by atoms with Crippen LogP contribution in [-0.4, -0.2) is 23.0 Å². The van der Waals surface area contributed by atoms with E-state index in [1.165, 1.54) is 5.56 Å². The summed E-state index contributed by atoms with van der Waals surface area (Å²) >= 11 is 6.05. The Kier molecular flexibility index (Phi) is 4.48. The van der Waals surface area contributed by atoms with Crippen LogP contribution in [-0.2, 0) is 17.8 Å². The Morgan fingerprint density at radius 2 is 2.30 bits per heavy atom. The van der Waals surface area contributed by atoms with E-state index in [0.717, 1.165) is 24.1 Å². The molecule has 5 nitrogen and oxygen atoms in total. The zero-order chi connectivity index (χ0) is 16.4. The van der Waals surface area contributed by atoms with Crippen molar-refractivity contribution in [3.05, 3.63) is 51.9 Å². The van der Waals surface area contributed by atoms with Crippen LogP contribution in [0.25, 0.3) is 0 Å². The van der Waals surface area contributed by atoms with E-state index in [1.54, 1.807) is 13.3 Å². The van der Waals surface area contributed by atoms with Crippen molar-refractivity contribution in [1.29, 1.82) is 0 Å². The van der Waals surface area contributed by atoms with E-state index in [-0.39, 0.29) is 11.8 Å². The maximum Gasteiger partial charge on any atom is 0.237 e. The van der Waals surface area contributed by atoms with Crippen LogP contribution in [0.2, 0.25) is 5.02 Å². The van der Waals surface area contributed by atoms with Crippen molar-refractivity contribution in [1.82, 2.24) is 15.3 Å². The van der Waals surface area contributed by atoms with Crippen molar-refractivity contribution in [2.45, 2.75) is 32.2 Å². The lowest BCUT2D eigenvalue weighted by atomic mass is 10.0. The van der Waals surface area contributed by atoms with Crippen molar-refractivity contribution in [2.24, 2.45) is 0 Å². The minimum atomic E-state index is -0.159. The van der Waals surface area contributed by atoms with Gasteiger partial charge >= 0.3 is 0 Å². The highest BCUT2D eigenvalue weighted by Gasteiger charge is 2.28. The number of nitrogens with one attached hydrogen (secondary N) is 1. The molecule has 2 aromatic rings. The van der Waals surface area contributed by atoms with E-state index in [2.05, 4.69) is 15.3 Å². The summed E-state index contributed by atoms with van der Waals surface area (Å²) in [6.07, 6.45) is 3.37. The van der Waals surface area contributed by atoms with Gasteiger partial charge in [-0.3, -0.25) is 9.78 Å². The standard InChI is InChI=1S/C17H18ClN3O2/c1-10-8-19-15(17(21-10)23-2)9-20-16(22)13-6-4-11-3-5-12(18)7-14(11)13/h3,5,7-8,13H,4,6,9H2,1-2H3,(H,20,22). The second kappa shape index (κ2) is 6.54. The molecule has 3 rings (SSSR count). The smallest absolute Gasteiger partial charge is 0.237 e. The monoisotopic (exact) mass is 331 g/mol. The maximum absolute atomic E-state index is 12.5. The van der Waals surface area contributed by atoms with E-state index in [1.807, 2.05) is 25.1 Å². The molecule has 0 radical (unpaired) electrons. The van der Waals surface area contributed by atoms with Crippen LogP contribution in [0.15, 0.2) is 24.4 Å². The van der Waals surface area contributed by atoms with Gasteiger partial charge in [0.05, 0.1) is 25.3 Å². The van der Waals surface area contributed by atoms with Gasteiger partial charge in [-0.15, -0.1) is 0 Å². The van der Waals surface area contributed by atoms with E-state index in [4.69, 9.17) is 16.3 Å². The topological polar surface area (TPSA) is 64.1 Å². The molecule has 1 aliphatic carbocycles. The zero-order valence-electron chi connectivity index (χ0n) is 13.1. The largest absolute Gasteiger partial charge is 0.480 e. The number of carbonyl (C=O) groups is 1. The molecule has 1 unspecified atom stereocenters. The van der Waals surface area contributed by atoms with E-state index >= 15 is 0 Å². The number of amides is 1. The fourth-order valence-electron chi connectivity index (χ4n) is 2.90. The summed E-state index contributed by atoms with van der Waals surface area (Å²) in [7, 11) is 1.55. The van der Waals surface area contributed by atoms with Crippen molar-refractivity contribution in [3.8, 4) is 5.88 Å². The molecule has 0 aliphatic heterocycles. The number of nitrogens with zero attached hydrogens (tertiary/aromatic N) is 2. The van der Waals surface area contributed by atoms with Gasteiger partial charge in [0, 0.05) is 11.2 Å². The molecular weight excluding hydrogens is 314 g/mol. The lowest BCUT2D eigenvalue weighted by Gasteiger charge is -2.13. The minimum absolute atomic E-state index is 0.0181. The number of benzene rings is 1. The highest BCUT2D eigenvalue weighted by Crippen LogP contribution is 2.35. The third kappa shape index (κ3) is 3.29. The molecule has 1 heterocycles. The highest BCUT2D eigenvalue weighted by molar-refractivity contribution is 6.30. The summed E-state index contributed by atoms with van der Waals surface area (Å²) < 4.78 is 5.21. The summed E-state index contributed by atoms with van der Waals surface area (Å²) in [5, 5.41) is 3.59. The number of aryl methyl sites for hydroxylation is 2. The van der Waals surface area contributed by atoms with E-state index in [0.29, 0.717) is 23.1 Å². The van der Waals surface area contributed by atoms with Crippen molar-refractivity contribution in [3.63, 3.8) is 0 Å². The first kappa shape index (κ1) is 15.7. The van der Waals surface area contributed by atoms with Crippen molar-refractivity contribution in [2.75, 3.05) is 7.11 Å². The Bertz CT molecular complexity index is 749. The van der Waals surface area contributed by atoms with Crippen LogP contribution in [0, 0.1) is 6.92 Å². The Balaban J connectivity index is 1.71. The number of fused-ring (bicyclic) bond motifs is 1. The Morgan fingerprint density at radius 3 is 3.09 bits per heavy atom. The normalized spacial score (nSPS) is 16.0. The molecule has 0 bridgehead atoms. The molecule has 23 heavy (non-hydrogen) atoms. The number of halogens is 1. The van der Waals surface area contributed by atoms with Crippen molar-refractivity contribution >= 4 is 17.5 Å². The predicted molar refractivity (Wildman–Crippen MR) is 87.7 cm³/mol. The highest BCUT2D eigenvalue weighted by atomic mass is 35.5. The second-order valence-electron chi connectivity index (χ2n) is 5.62. The summed E-state index contributed by atoms with van der Waals surface area (Å²) in [4.78, 5) is 21.1. The molecule has 1 aliphatic rings. The van der Waals surface area contributed by atoms with Crippen LogP contribution in [0.3, 0.4) is 0 Å². The zero-order valence-corrected chi connectivity index (χ0v) is 13.9. The average Bonchev–Trinajstić information content (AvgIpc) is 2.96. The molecule has 0 saturated carbocycles. The van der Waals surface area contributed by atoms with Crippen LogP contribution < -0.4 is 10.1 Å². The van der Waals surface area contributed by atoms with Gasteiger partial charge in [0.2, 0.25) is 11.8 Å². The summed E-state index contributed by atoms with van der Waals surface area (Å²) in [5.41, 5.74) is 3.62. The molecule has 0 spiro atoms. The van der Waals surface area contributed by atoms with Gasteiger partial charge in [-0.2, -0.15) is 0 Å². The fourth-order valence-corrected chi connectivity index (χ4v) is 3.08. The number of aromatic nitrogens is 2. The lowest BCUT2D eigenvalue weighted by Crippen LogP contribution is -2.28. The quantitative estimate of drug-likeness (QED) is 0.935. The van der Waals surface area contributed by atoms with E-state index in [9.17, 15) is 4.79 Å². The molecule has 6 heteroatoms. The average molecular weight is 332 g/mol. The van der Waals surface area contributed by atoms with Crippen LogP contribution in [0.4, 0.5) is 0 Å². The van der Waals surface area contributed by atoms with Gasteiger partial charge < -0.3 is 10.1 Å². The predicted octanol–water partition coefficient (Wildman–Crippen LogP) is 2.79. The number of hydrogen-bond acceptors (Lipinski definition) is 4. The third-order valence-electron chi connectivity index (χ3n) is 4.06. The number of rotatable bonds is 4. The molecule has 0 saturated heterocycles. The fraction of sp³-hybridized carbons (Fsp3) is 0.353. The molecule has 1 aromatic heterocycles. The van der Waals surface area contributed by atoms with Gasteiger partial charge in [0.25, 0.3) is 0 Å². The number of ether oxygens (including phenoxy) is 1. The van der Waals surface area contributed by atoms with Crippen molar-refractivity contribution < 1.29 is 9.53 Å². The molecule has 1 atom stereocenters. The van der Waals surface area contributed by atoms with Gasteiger partial charge in [0.15, 0.2) is 0 Å². The molecule has 120 valence electrons. The summed E-state index contributed by atoms with van der Waals surface area (Å²) in [5.74, 6) is 0.267. The van der Waals surface area contributed by atoms with Gasteiger partial charge in [-0.05, 0) is 43.0 Å². The Morgan fingerprint density at radius 1 is 1.48 bits per heavy atom. The van der Waals surface area contributed by atoms with E-state index < -0.39 is 0 Å². The Labute approximate surface area is 140 Å². The summed E-state index contributed by atoms with van der Waals surface area (Å²) in [6.45, 7) is 2.14. The Hall–Kier alpha value is -2.14. The van der Waals surface area contributed by atoms with Gasteiger partial charge in [-0.1, -0.05) is 17.7 Å². The first-order chi connectivity index (χ1) is 11.1. The van der Waals surface area contributed by atoms with Crippen LogP contribution >= 0.6 is 11.6 Å².